The molecule has 3 rings (SSSR count). The first-order chi connectivity index (χ1) is 10.1. The first kappa shape index (κ1) is 14.3. The Hall–Kier alpha value is -1.64. The molecule has 3 heteroatoms. The summed E-state index contributed by atoms with van der Waals surface area (Å²) < 4.78 is 0. The van der Waals surface area contributed by atoms with Gasteiger partial charge >= 0.3 is 0 Å². The van der Waals surface area contributed by atoms with Crippen molar-refractivity contribution in [1.29, 1.82) is 0 Å². The third kappa shape index (κ3) is 2.61. The van der Waals surface area contributed by atoms with Crippen LogP contribution in [0.5, 0.6) is 0 Å². The highest BCUT2D eigenvalue weighted by Gasteiger charge is 2.49. The SMILES string of the molecule is Cc1ccccc1C1C(=O)NC(=O)CC12CCCCCC2. The van der Waals surface area contributed by atoms with Crippen molar-refractivity contribution in [2.45, 2.75) is 57.8 Å². The van der Waals surface area contributed by atoms with E-state index in [4.69, 9.17) is 0 Å². The molecule has 1 unspecified atom stereocenters. The van der Waals surface area contributed by atoms with Crippen LogP contribution >= 0.6 is 0 Å². The topological polar surface area (TPSA) is 46.2 Å². The molecule has 1 aliphatic carbocycles. The molecule has 2 fully saturated rings. The van der Waals surface area contributed by atoms with E-state index >= 15 is 0 Å². The number of nitrogens with one attached hydrogen (secondary N) is 1. The number of carbonyl (C=O) groups is 2. The van der Waals surface area contributed by atoms with Crippen molar-refractivity contribution in [3.05, 3.63) is 35.4 Å². The van der Waals surface area contributed by atoms with Gasteiger partial charge in [0.1, 0.15) is 0 Å². The van der Waals surface area contributed by atoms with Gasteiger partial charge in [0.2, 0.25) is 11.8 Å². The lowest BCUT2D eigenvalue weighted by Crippen LogP contribution is -2.50. The Morgan fingerprint density at radius 2 is 1.71 bits per heavy atom. The summed E-state index contributed by atoms with van der Waals surface area (Å²) in [5.41, 5.74) is 2.09. The minimum Gasteiger partial charge on any atom is -0.296 e. The molecule has 1 spiro atoms. The van der Waals surface area contributed by atoms with Crippen LogP contribution in [0.4, 0.5) is 0 Å². The van der Waals surface area contributed by atoms with E-state index in [1.807, 2.05) is 12.1 Å². The van der Waals surface area contributed by atoms with Crippen LogP contribution in [-0.4, -0.2) is 11.8 Å². The van der Waals surface area contributed by atoms with Gasteiger partial charge in [-0.1, -0.05) is 49.9 Å². The molecule has 2 aliphatic rings. The number of hydrogen-bond donors (Lipinski definition) is 1. The molecule has 0 bridgehead atoms. The van der Waals surface area contributed by atoms with Crippen LogP contribution in [-0.2, 0) is 9.59 Å². The molecule has 0 radical (unpaired) electrons. The van der Waals surface area contributed by atoms with Crippen molar-refractivity contribution in [3.63, 3.8) is 0 Å². The molecule has 1 aromatic carbocycles. The Morgan fingerprint density at radius 1 is 1.05 bits per heavy atom. The Bertz CT molecular complexity index is 556. The van der Waals surface area contributed by atoms with Crippen molar-refractivity contribution >= 4 is 11.8 Å². The minimum absolute atomic E-state index is 0.0910. The Morgan fingerprint density at radius 3 is 2.38 bits per heavy atom. The lowest BCUT2D eigenvalue weighted by molar-refractivity contribution is -0.140. The molecule has 2 amide bonds. The summed E-state index contributed by atoms with van der Waals surface area (Å²) in [6.45, 7) is 2.06. The number of amides is 2. The van der Waals surface area contributed by atoms with Crippen LogP contribution in [0.2, 0.25) is 0 Å². The van der Waals surface area contributed by atoms with E-state index in [2.05, 4.69) is 24.4 Å². The van der Waals surface area contributed by atoms with E-state index in [9.17, 15) is 9.59 Å². The van der Waals surface area contributed by atoms with Crippen molar-refractivity contribution in [1.82, 2.24) is 5.32 Å². The summed E-state index contributed by atoms with van der Waals surface area (Å²) in [6.07, 6.45) is 7.18. The zero-order chi connectivity index (χ0) is 14.9. The van der Waals surface area contributed by atoms with Crippen LogP contribution in [0.3, 0.4) is 0 Å². The second-order valence-corrected chi connectivity index (χ2v) is 6.66. The van der Waals surface area contributed by atoms with Gasteiger partial charge in [-0.05, 0) is 36.3 Å². The Labute approximate surface area is 126 Å². The molecule has 0 aromatic heterocycles. The standard InChI is InChI=1S/C18H23NO2/c1-13-8-4-5-9-14(13)16-17(21)19-15(20)12-18(16)10-6-2-3-7-11-18/h4-5,8-9,16H,2-3,6-7,10-12H2,1H3,(H,19,20,21). The van der Waals surface area contributed by atoms with Gasteiger partial charge in [0.15, 0.2) is 0 Å². The maximum Gasteiger partial charge on any atom is 0.234 e. The molecule has 3 nitrogen and oxygen atoms in total. The summed E-state index contributed by atoms with van der Waals surface area (Å²) in [6, 6.07) is 8.12. The predicted octanol–water partition coefficient (Wildman–Crippen LogP) is 3.47. The molecule has 1 aromatic rings. The van der Waals surface area contributed by atoms with Gasteiger partial charge in [-0.3, -0.25) is 14.9 Å². The van der Waals surface area contributed by atoms with E-state index in [1.54, 1.807) is 0 Å². The number of hydrogen-bond acceptors (Lipinski definition) is 2. The first-order valence-corrected chi connectivity index (χ1v) is 8.02. The fourth-order valence-electron chi connectivity index (χ4n) is 4.23. The lowest BCUT2D eigenvalue weighted by Gasteiger charge is -2.43. The number of aryl methyl sites for hydroxylation is 1. The molecule has 1 heterocycles. The number of carbonyl (C=O) groups excluding carboxylic acids is 2. The molecule has 1 atom stereocenters. The average Bonchev–Trinajstić information content (AvgIpc) is 2.66. The minimum atomic E-state index is -0.172. The third-order valence-corrected chi connectivity index (χ3v) is 5.25. The van der Waals surface area contributed by atoms with Crippen LogP contribution in [0.25, 0.3) is 0 Å². The summed E-state index contributed by atoms with van der Waals surface area (Å²) in [5.74, 6) is -0.358. The fraction of sp³-hybridized carbons (Fsp3) is 0.556. The zero-order valence-corrected chi connectivity index (χ0v) is 12.7. The van der Waals surface area contributed by atoms with E-state index < -0.39 is 0 Å². The monoisotopic (exact) mass is 285 g/mol. The molecule has 1 saturated heterocycles. The number of piperidine rings is 1. The second kappa shape index (κ2) is 5.63. The Balaban J connectivity index is 2.06. The van der Waals surface area contributed by atoms with Gasteiger partial charge in [-0.15, -0.1) is 0 Å². The molecule has 1 N–H and O–H groups in total. The number of benzene rings is 1. The van der Waals surface area contributed by atoms with Gasteiger partial charge in [0.25, 0.3) is 0 Å². The van der Waals surface area contributed by atoms with Gasteiger partial charge in [-0.2, -0.15) is 0 Å². The third-order valence-electron chi connectivity index (χ3n) is 5.25. The smallest absolute Gasteiger partial charge is 0.234 e. The van der Waals surface area contributed by atoms with Gasteiger partial charge in [-0.25, -0.2) is 0 Å². The van der Waals surface area contributed by atoms with Crippen molar-refractivity contribution in [2.75, 3.05) is 0 Å². The van der Waals surface area contributed by atoms with Crippen LogP contribution in [0, 0.1) is 12.3 Å². The fourth-order valence-corrected chi connectivity index (χ4v) is 4.23. The van der Waals surface area contributed by atoms with E-state index in [0.717, 1.165) is 36.8 Å². The summed E-state index contributed by atoms with van der Waals surface area (Å²) >= 11 is 0. The molecule has 21 heavy (non-hydrogen) atoms. The first-order valence-electron chi connectivity index (χ1n) is 8.02. The quantitative estimate of drug-likeness (QED) is 0.803. The lowest BCUT2D eigenvalue weighted by atomic mass is 9.62. The Kier molecular flexibility index (Phi) is 3.83. The predicted molar refractivity (Wildman–Crippen MR) is 81.8 cm³/mol. The highest BCUT2D eigenvalue weighted by molar-refractivity contribution is 6.02. The van der Waals surface area contributed by atoms with E-state index in [1.165, 1.54) is 12.8 Å². The number of rotatable bonds is 1. The zero-order valence-electron chi connectivity index (χ0n) is 12.7. The maximum absolute atomic E-state index is 12.6. The van der Waals surface area contributed by atoms with E-state index in [-0.39, 0.29) is 23.1 Å². The van der Waals surface area contributed by atoms with Gasteiger partial charge < -0.3 is 0 Å². The summed E-state index contributed by atoms with van der Waals surface area (Å²) in [5, 5.41) is 2.57. The molecule has 1 saturated carbocycles. The maximum atomic E-state index is 12.6. The van der Waals surface area contributed by atoms with Crippen LogP contribution in [0.15, 0.2) is 24.3 Å². The van der Waals surface area contributed by atoms with Gasteiger partial charge in [0.05, 0.1) is 5.92 Å². The molecular weight excluding hydrogens is 262 g/mol. The van der Waals surface area contributed by atoms with Crippen molar-refractivity contribution in [3.8, 4) is 0 Å². The highest BCUT2D eigenvalue weighted by Crippen LogP contribution is 2.51. The van der Waals surface area contributed by atoms with Crippen LogP contribution in [0.1, 0.15) is 62.0 Å². The summed E-state index contributed by atoms with van der Waals surface area (Å²) in [7, 11) is 0. The van der Waals surface area contributed by atoms with Crippen molar-refractivity contribution < 1.29 is 9.59 Å². The second-order valence-electron chi connectivity index (χ2n) is 6.66. The normalized spacial score (nSPS) is 25.5. The van der Waals surface area contributed by atoms with E-state index in [0.29, 0.717) is 6.42 Å². The molecule has 112 valence electrons. The van der Waals surface area contributed by atoms with Gasteiger partial charge in [0, 0.05) is 6.42 Å². The van der Waals surface area contributed by atoms with Crippen LogP contribution < -0.4 is 5.32 Å². The largest absolute Gasteiger partial charge is 0.296 e. The highest BCUT2D eigenvalue weighted by atomic mass is 16.2. The van der Waals surface area contributed by atoms with Crippen molar-refractivity contribution in [2.24, 2.45) is 5.41 Å². The average molecular weight is 285 g/mol. The molecular formula is C18H23NO2. The number of imide groups is 1. The summed E-state index contributed by atoms with van der Waals surface area (Å²) in [4.78, 5) is 24.6. The molecule has 1 aliphatic heterocycles.